The summed E-state index contributed by atoms with van der Waals surface area (Å²) in [5, 5.41) is -0.184. The van der Waals surface area contributed by atoms with E-state index in [4.69, 9.17) is 5.84 Å². The molecule has 0 bridgehead atoms. The molecular formula is C15H10F3N3. The lowest BCUT2D eigenvalue weighted by atomic mass is 10.1. The van der Waals surface area contributed by atoms with Crippen molar-refractivity contribution in [1.82, 2.24) is 4.98 Å². The number of fused-ring (bicyclic) bond motifs is 1. The summed E-state index contributed by atoms with van der Waals surface area (Å²) >= 11 is 0. The fourth-order valence-electron chi connectivity index (χ4n) is 2.17. The summed E-state index contributed by atoms with van der Waals surface area (Å²) in [6.45, 7) is 0. The van der Waals surface area contributed by atoms with Gasteiger partial charge in [-0.2, -0.15) is 0 Å². The van der Waals surface area contributed by atoms with Crippen LogP contribution < -0.4 is 11.3 Å². The number of nitrogens with one attached hydrogen (secondary N) is 1. The Kier molecular flexibility index (Phi) is 3.23. The van der Waals surface area contributed by atoms with Crippen LogP contribution in [0.5, 0.6) is 0 Å². The lowest BCUT2D eigenvalue weighted by molar-refractivity contribution is 0.453. The summed E-state index contributed by atoms with van der Waals surface area (Å²) in [4.78, 5) is 4.17. The Balaban J connectivity index is 2.35. The molecule has 3 aromatic rings. The van der Waals surface area contributed by atoms with Gasteiger partial charge in [0.15, 0.2) is 17.5 Å². The molecule has 0 aliphatic rings. The first kappa shape index (κ1) is 13.4. The van der Waals surface area contributed by atoms with Crippen LogP contribution in [0.2, 0.25) is 0 Å². The highest BCUT2D eigenvalue weighted by Gasteiger charge is 2.18. The number of nitrogens with zero attached hydrogens (tertiary/aromatic N) is 1. The zero-order valence-corrected chi connectivity index (χ0v) is 10.7. The van der Waals surface area contributed by atoms with E-state index in [9.17, 15) is 13.2 Å². The maximum atomic E-state index is 13.9. The molecule has 0 aliphatic heterocycles. The van der Waals surface area contributed by atoms with Crippen LogP contribution in [0.25, 0.3) is 22.2 Å². The van der Waals surface area contributed by atoms with Crippen LogP contribution in [-0.4, -0.2) is 4.98 Å². The fourth-order valence-corrected chi connectivity index (χ4v) is 2.17. The van der Waals surface area contributed by atoms with Crippen LogP contribution in [0.3, 0.4) is 0 Å². The van der Waals surface area contributed by atoms with Crippen molar-refractivity contribution in [2.75, 3.05) is 5.43 Å². The zero-order chi connectivity index (χ0) is 15.0. The van der Waals surface area contributed by atoms with E-state index in [1.165, 1.54) is 6.07 Å². The SMILES string of the molecule is NNc1cc(-c2ccccc2)nc2cc(F)c(F)c(F)c12. The highest BCUT2D eigenvalue weighted by molar-refractivity contribution is 5.94. The minimum atomic E-state index is -1.55. The van der Waals surface area contributed by atoms with Crippen LogP contribution in [0, 0.1) is 17.5 Å². The van der Waals surface area contributed by atoms with Crippen molar-refractivity contribution in [2.24, 2.45) is 5.84 Å². The molecule has 6 heteroatoms. The molecule has 2 aromatic carbocycles. The van der Waals surface area contributed by atoms with Crippen molar-refractivity contribution in [1.29, 1.82) is 0 Å². The predicted octanol–water partition coefficient (Wildman–Crippen LogP) is 3.60. The van der Waals surface area contributed by atoms with Gasteiger partial charge in [-0.25, -0.2) is 18.2 Å². The van der Waals surface area contributed by atoms with E-state index >= 15 is 0 Å². The first-order valence-corrected chi connectivity index (χ1v) is 6.12. The summed E-state index contributed by atoms with van der Waals surface area (Å²) < 4.78 is 40.6. The largest absolute Gasteiger partial charge is 0.323 e. The van der Waals surface area contributed by atoms with Gasteiger partial charge in [-0.1, -0.05) is 30.3 Å². The van der Waals surface area contributed by atoms with Crippen molar-refractivity contribution in [3.8, 4) is 11.3 Å². The standard InChI is InChI=1S/C15H10F3N3/c16-9-6-11-13(15(18)14(9)17)12(21-19)7-10(20-11)8-4-2-1-3-5-8/h1-7H,19H2,(H,20,21). The van der Waals surface area contributed by atoms with Gasteiger partial charge in [0, 0.05) is 11.6 Å². The minimum Gasteiger partial charge on any atom is -0.323 e. The zero-order valence-electron chi connectivity index (χ0n) is 10.7. The molecule has 0 fully saturated rings. The van der Waals surface area contributed by atoms with Gasteiger partial charge < -0.3 is 5.43 Å². The lowest BCUT2D eigenvalue weighted by Crippen LogP contribution is -2.09. The first-order chi connectivity index (χ1) is 10.1. The molecule has 1 aromatic heterocycles. The second kappa shape index (κ2) is 5.06. The van der Waals surface area contributed by atoms with E-state index in [1.807, 2.05) is 18.2 Å². The van der Waals surface area contributed by atoms with Crippen molar-refractivity contribution < 1.29 is 13.2 Å². The molecule has 1 heterocycles. The number of anilines is 1. The summed E-state index contributed by atoms with van der Waals surface area (Å²) in [5.74, 6) is 1.21. The van der Waals surface area contributed by atoms with Gasteiger partial charge in [-0.3, -0.25) is 5.84 Å². The summed E-state index contributed by atoms with van der Waals surface area (Å²) in [7, 11) is 0. The van der Waals surface area contributed by atoms with Crippen LogP contribution >= 0.6 is 0 Å². The summed E-state index contributed by atoms with van der Waals surface area (Å²) in [5.41, 5.74) is 3.64. The first-order valence-electron chi connectivity index (χ1n) is 6.12. The highest BCUT2D eigenvalue weighted by Crippen LogP contribution is 2.31. The molecule has 0 spiro atoms. The molecular weight excluding hydrogens is 279 g/mol. The Hall–Kier alpha value is -2.60. The van der Waals surface area contributed by atoms with Gasteiger partial charge in [0.1, 0.15) is 0 Å². The topological polar surface area (TPSA) is 50.9 Å². The molecule has 0 amide bonds. The molecule has 0 atom stereocenters. The number of halogens is 3. The number of hydrogen-bond donors (Lipinski definition) is 2. The molecule has 0 saturated carbocycles. The molecule has 0 unspecified atom stereocenters. The van der Waals surface area contributed by atoms with E-state index in [-0.39, 0.29) is 16.6 Å². The van der Waals surface area contributed by atoms with E-state index in [0.717, 1.165) is 11.6 Å². The molecule has 106 valence electrons. The second-order valence-corrected chi connectivity index (χ2v) is 4.45. The van der Waals surface area contributed by atoms with E-state index in [0.29, 0.717) is 5.69 Å². The molecule has 21 heavy (non-hydrogen) atoms. The Morgan fingerprint density at radius 3 is 2.33 bits per heavy atom. The van der Waals surface area contributed by atoms with Crippen molar-refractivity contribution in [3.05, 3.63) is 59.9 Å². The fraction of sp³-hybridized carbons (Fsp3) is 0. The Morgan fingerprint density at radius 2 is 1.67 bits per heavy atom. The third kappa shape index (κ3) is 2.19. The van der Waals surface area contributed by atoms with Crippen molar-refractivity contribution >= 4 is 16.6 Å². The number of hydrazine groups is 1. The van der Waals surface area contributed by atoms with E-state index < -0.39 is 17.5 Å². The van der Waals surface area contributed by atoms with E-state index in [2.05, 4.69) is 10.4 Å². The number of nitrogens with two attached hydrogens (primary N) is 1. The van der Waals surface area contributed by atoms with Gasteiger partial charge >= 0.3 is 0 Å². The Labute approximate surface area is 118 Å². The molecule has 0 saturated heterocycles. The number of nitrogen functional groups attached to an aromatic ring is 1. The van der Waals surface area contributed by atoms with Gasteiger partial charge in [0.2, 0.25) is 0 Å². The number of hydrogen-bond acceptors (Lipinski definition) is 3. The smallest absolute Gasteiger partial charge is 0.195 e. The summed E-state index contributed by atoms with van der Waals surface area (Å²) in [6, 6.07) is 11.4. The average Bonchev–Trinajstić information content (AvgIpc) is 2.52. The Morgan fingerprint density at radius 1 is 0.952 bits per heavy atom. The monoisotopic (exact) mass is 289 g/mol. The molecule has 0 radical (unpaired) electrons. The van der Waals surface area contributed by atoms with Gasteiger partial charge in [0.05, 0.1) is 22.3 Å². The third-order valence-corrected chi connectivity index (χ3v) is 3.16. The second-order valence-electron chi connectivity index (χ2n) is 4.45. The van der Waals surface area contributed by atoms with Gasteiger partial charge in [-0.05, 0) is 6.07 Å². The van der Waals surface area contributed by atoms with Crippen molar-refractivity contribution in [3.63, 3.8) is 0 Å². The van der Waals surface area contributed by atoms with Crippen molar-refractivity contribution in [2.45, 2.75) is 0 Å². The minimum absolute atomic E-state index is 0.0132. The van der Waals surface area contributed by atoms with Crippen LogP contribution in [0.1, 0.15) is 0 Å². The normalized spacial score (nSPS) is 10.9. The average molecular weight is 289 g/mol. The maximum Gasteiger partial charge on any atom is 0.195 e. The number of benzene rings is 2. The number of rotatable bonds is 2. The lowest BCUT2D eigenvalue weighted by Gasteiger charge is -2.10. The quantitative estimate of drug-likeness (QED) is 0.430. The highest BCUT2D eigenvalue weighted by atomic mass is 19.2. The molecule has 3 rings (SSSR count). The maximum absolute atomic E-state index is 13.9. The van der Waals surface area contributed by atoms with Crippen LogP contribution in [-0.2, 0) is 0 Å². The van der Waals surface area contributed by atoms with E-state index in [1.54, 1.807) is 12.1 Å². The number of aromatic nitrogens is 1. The van der Waals surface area contributed by atoms with Gasteiger partial charge in [-0.15, -0.1) is 0 Å². The van der Waals surface area contributed by atoms with Crippen LogP contribution in [0.15, 0.2) is 42.5 Å². The third-order valence-electron chi connectivity index (χ3n) is 3.16. The molecule has 3 N–H and O–H groups in total. The summed E-state index contributed by atoms with van der Waals surface area (Å²) in [6.07, 6.45) is 0. The van der Waals surface area contributed by atoms with Crippen LogP contribution in [0.4, 0.5) is 18.9 Å². The predicted molar refractivity (Wildman–Crippen MR) is 74.9 cm³/mol. The number of pyridine rings is 1. The van der Waals surface area contributed by atoms with Gasteiger partial charge in [0.25, 0.3) is 0 Å². The Bertz CT molecular complexity index is 820. The molecule has 3 nitrogen and oxygen atoms in total. The molecule has 0 aliphatic carbocycles.